The Labute approximate surface area is 158 Å². The van der Waals surface area contributed by atoms with Crippen LogP contribution in [0.1, 0.15) is 36.8 Å². The van der Waals surface area contributed by atoms with Crippen molar-refractivity contribution in [2.45, 2.75) is 37.6 Å². The number of carbonyl (C=O) groups is 1. The number of halogens is 1. The number of thiophene rings is 1. The molecule has 1 aromatic heterocycles. The van der Waals surface area contributed by atoms with E-state index in [0.29, 0.717) is 24.7 Å². The van der Waals surface area contributed by atoms with Crippen molar-refractivity contribution in [3.05, 3.63) is 57.2 Å². The first-order valence-electron chi connectivity index (χ1n) is 8.71. The van der Waals surface area contributed by atoms with E-state index in [2.05, 4.69) is 16.8 Å². The molecule has 2 aromatic rings. The largest absolute Gasteiger partial charge is 0.383 e. The molecule has 3 rings (SSSR count). The zero-order valence-corrected chi connectivity index (χ0v) is 16.1. The lowest BCUT2D eigenvalue weighted by Gasteiger charge is -2.35. The van der Waals surface area contributed by atoms with E-state index in [1.807, 2.05) is 29.2 Å². The summed E-state index contributed by atoms with van der Waals surface area (Å²) in [5.74, 6) is 0.218. The predicted octanol–water partition coefficient (Wildman–Crippen LogP) is 4.89. The van der Waals surface area contributed by atoms with Gasteiger partial charge in [-0.3, -0.25) is 4.79 Å². The molecule has 1 heterocycles. The summed E-state index contributed by atoms with van der Waals surface area (Å²) in [6, 6.07) is 9.90. The van der Waals surface area contributed by atoms with Crippen LogP contribution in [0.3, 0.4) is 0 Å². The fraction of sp³-hybridized carbons (Fsp3) is 0.450. The van der Waals surface area contributed by atoms with Gasteiger partial charge in [-0.25, -0.2) is 0 Å². The van der Waals surface area contributed by atoms with Crippen LogP contribution in [0, 0.1) is 0 Å². The summed E-state index contributed by atoms with van der Waals surface area (Å²) in [5, 5.41) is 4.87. The van der Waals surface area contributed by atoms with Crippen molar-refractivity contribution in [3.8, 4) is 0 Å². The molecule has 134 valence electrons. The second kappa shape index (κ2) is 8.35. The summed E-state index contributed by atoms with van der Waals surface area (Å²) < 4.78 is 5.25. The highest BCUT2D eigenvalue weighted by molar-refractivity contribution is 7.07. The molecule has 1 amide bonds. The molecule has 0 N–H and O–H groups in total. The van der Waals surface area contributed by atoms with E-state index in [1.54, 1.807) is 18.4 Å². The molecule has 1 fully saturated rings. The van der Waals surface area contributed by atoms with Crippen LogP contribution < -0.4 is 0 Å². The zero-order valence-electron chi connectivity index (χ0n) is 14.5. The summed E-state index contributed by atoms with van der Waals surface area (Å²) >= 11 is 7.72. The summed E-state index contributed by atoms with van der Waals surface area (Å²) in [6.07, 6.45) is 3.98. The minimum Gasteiger partial charge on any atom is -0.383 e. The topological polar surface area (TPSA) is 29.5 Å². The smallest absolute Gasteiger partial charge is 0.233 e. The molecule has 0 unspecified atom stereocenters. The fourth-order valence-electron chi connectivity index (χ4n) is 3.73. The first-order chi connectivity index (χ1) is 12.2. The number of rotatable bonds is 7. The van der Waals surface area contributed by atoms with Crippen molar-refractivity contribution in [1.29, 1.82) is 0 Å². The van der Waals surface area contributed by atoms with Gasteiger partial charge in [-0.05, 0) is 52.9 Å². The molecule has 0 bridgehead atoms. The van der Waals surface area contributed by atoms with Crippen molar-refractivity contribution >= 4 is 28.8 Å². The number of hydrogen-bond acceptors (Lipinski definition) is 3. The van der Waals surface area contributed by atoms with E-state index in [9.17, 15) is 4.79 Å². The lowest BCUT2D eigenvalue weighted by Crippen LogP contribution is -2.46. The van der Waals surface area contributed by atoms with Crippen LogP contribution >= 0.6 is 22.9 Å². The molecular weight excluding hydrogens is 354 g/mol. The van der Waals surface area contributed by atoms with Crippen molar-refractivity contribution in [3.63, 3.8) is 0 Å². The minimum atomic E-state index is -0.422. The average molecular weight is 378 g/mol. The number of ether oxygens (including phenoxy) is 1. The first kappa shape index (κ1) is 18.4. The van der Waals surface area contributed by atoms with E-state index in [-0.39, 0.29) is 5.91 Å². The van der Waals surface area contributed by atoms with Crippen molar-refractivity contribution < 1.29 is 9.53 Å². The second-order valence-electron chi connectivity index (χ2n) is 6.65. The highest BCUT2D eigenvalue weighted by Gasteiger charge is 2.44. The van der Waals surface area contributed by atoms with Crippen LogP contribution in [0.4, 0.5) is 0 Å². The van der Waals surface area contributed by atoms with Crippen LogP contribution in [0.15, 0.2) is 41.1 Å². The average Bonchev–Trinajstić information content (AvgIpc) is 3.31. The number of hydrogen-bond donors (Lipinski definition) is 0. The predicted molar refractivity (Wildman–Crippen MR) is 103 cm³/mol. The van der Waals surface area contributed by atoms with Crippen LogP contribution in [-0.4, -0.2) is 31.1 Å². The highest BCUT2D eigenvalue weighted by Crippen LogP contribution is 2.43. The number of carbonyl (C=O) groups excluding carboxylic acids is 1. The molecule has 3 nitrogen and oxygen atoms in total. The summed E-state index contributed by atoms with van der Waals surface area (Å²) in [6.45, 7) is 1.80. The molecule has 0 saturated heterocycles. The fourth-order valence-corrected chi connectivity index (χ4v) is 4.52. The number of nitrogens with zero attached hydrogens (tertiary/aromatic N) is 1. The number of amides is 1. The Bertz CT molecular complexity index is 678. The third kappa shape index (κ3) is 4.08. The van der Waals surface area contributed by atoms with E-state index >= 15 is 0 Å². The second-order valence-corrected chi connectivity index (χ2v) is 7.86. The van der Waals surface area contributed by atoms with Gasteiger partial charge in [0.1, 0.15) is 0 Å². The SMILES string of the molecule is COCCN(Cc1ccsc1)C(=O)C1(c2ccc(Cl)cc2)CCCC1. The van der Waals surface area contributed by atoms with Crippen molar-refractivity contribution in [2.24, 2.45) is 0 Å². The van der Waals surface area contributed by atoms with Gasteiger partial charge in [0.15, 0.2) is 0 Å². The van der Waals surface area contributed by atoms with E-state index < -0.39 is 5.41 Å². The van der Waals surface area contributed by atoms with E-state index in [4.69, 9.17) is 16.3 Å². The van der Waals surface area contributed by atoms with Gasteiger partial charge in [0, 0.05) is 25.2 Å². The van der Waals surface area contributed by atoms with Gasteiger partial charge in [0.2, 0.25) is 5.91 Å². The molecule has 25 heavy (non-hydrogen) atoms. The van der Waals surface area contributed by atoms with E-state index in [1.165, 1.54) is 5.56 Å². The quantitative estimate of drug-likeness (QED) is 0.687. The molecule has 1 aliphatic carbocycles. The van der Waals surface area contributed by atoms with Crippen molar-refractivity contribution in [2.75, 3.05) is 20.3 Å². The lowest BCUT2D eigenvalue weighted by molar-refractivity contribution is -0.138. The number of benzene rings is 1. The Balaban J connectivity index is 1.89. The van der Waals surface area contributed by atoms with Crippen LogP contribution in [0.2, 0.25) is 5.02 Å². The van der Waals surface area contributed by atoms with Gasteiger partial charge in [-0.2, -0.15) is 11.3 Å². The maximum absolute atomic E-state index is 13.6. The monoisotopic (exact) mass is 377 g/mol. The molecule has 0 spiro atoms. The van der Waals surface area contributed by atoms with Crippen molar-refractivity contribution in [1.82, 2.24) is 4.90 Å². The molecule has 1 saturated carbocycles. The third-order valence-corrected chi connectivity index (χ3v) is 6.05. The summed E-state index contributed by atoms with van der Waals surface area (Å²) in [5.41, 5.74) is 1.85. The molecule has 1 aliphatic rings. The Kier molecular flexibility index (Phi) is 6.15. The van der Waals surface area contributed by atoms with E-state index in [0.717, 1.165) is 31.2 Å². The normalized spacial score (nSPS) is 16.1. The van der Waals surface area contributed by atoms with Gasteiger partial charge < -0.3 is 9.64 Å². The standard InChI is InChI=1S/C20H24ClNO2S/c1-24-12-11-22(14-16-8-13-25-15-16)19(23)20(9-2-3-10-20)17-4-6-18(21)7-5-17/h4-8,13,15H,2-3,9-12,14H2,1H3. The van der Waals surface area contributed by atoms with Gasteiger partial charge in [-0.1, -0.05) is 36.6 Å². The number of methoxy groups -OCH3 is 1. The maximum atomic E-state index is 13.6. The molecule has 0 aliphatic heterocycles. The highest BCUT2D eigenvalue weighted by atomic mass is 35.5. The van der Waals surface area contributed by atoms with Gasteiger partial charge in [-0.15, -0.1) is 0 Å². The Morgan fingerprint density at radius 2 is 1.96 bits per heavy atom. The zero-order chi connectivity index (χ0) is 17.7. The minimum absolute atomic E-state index is 0.218. The van der Waals surface area contributed by atoms with Crippen LogP contribution in [0.5, 0.6) is 0 Å². The maximum Gasteiger partial charge on any atom is 0.233 e. The van der Waals surface area contributed by atoms with Gasteiger partial charge in [0.25, 0.3) is 0 Å². The Morgan fingerprint density at radius 3 is 2.56 bits per heavy atom. The first-order valence-corrected chi connectivity index (χ1v) is 10.0. The van der Waals surface area contributed by atoms with Gasteiger partial charge in [0.05, 0.1) is 12.0 Å². The lowest BCUT2D eigenvalue weighted by atomic mass is 9.77. The van der Waals surface area contributed by atoms with Crippen LogP contribution in [-0.2, 0) is 21.5 Å². The molecular formula is C20H24ClNO2S. The summed E-state index contributed by atoms with van der Waals surface area (Å²) in [7, 11) is 1.68. The van der Waals surface area contributed by atoms with Crippen LogP contribution in [0.25, 0.3) is 0 Å². The Hall–Kier alpha value is -1.36. The third-order valence-electron chi connectivity index (χ3n) is 5.07. The molecule has 1 aromatic carbocycles. The van der Waals surface area contributed by atoms with Gasteiger partial charge >= 0.3 is 0 Å². The Morgan fingerprint density at radius 1 is 1.24 bits per heavy atom. The summed E-state index contributed by atoms with van der Waals surface area (Å²) in [4.78, 5) is 15.6. The molecule has 0 radical (unpaired) electrons. The molecule has 0 atom stereocenters. The molecule has 5 heteroatoms.